The maximum Gasteiger partial charge on any atom is 0.446 e. The SMILES string of the molecule is Cc1nc(-c2cnn(C3CN(C(=O)N(CC#N)c4ccc(SC(F)(F)F)cc4)N=C3c3ccc(Cl)cc3)c2)no1. The summed E-state index contributed by atoms with van der Waals surface area (Å²) in [6.07, 6.45) is 3.27. The van der Waals surface area contributed by atoms with Crippen LogP contribution in [0.2, 0.25) is 5.02 Å². The Kier molecular flexibility index (Phi) is 7.51. The van der Waals surface area contributed by atoms with E-state index < -0.39 is 17.6 Å². The lowest BCUT2D eigenvalue weighted by atomic mass is 10.0. The first-order valence-electron chi connectivity index (χ1n) is 11.6. The second kappa shape index (κ2) is 11.0. The van der Waals surface area contributed by atoms with Gasteiger partial charge in [-0.1, -0.05) is 28.9 Å². The quantitative estimate of drug-likeness (QED) is 0.203. The fourth-order valence-corrected chi connectivity index (χ4v) is 4.70. The third-order valence-corrected chi connectivity index (χ3v) is 6.79. The molecule has 1 aliphatic rings. The van der Waals surface area contributed by atoms with E-state index in [0.717, 1.165) is 4.90 Å². The third-order valence-electron chi connectivity index (χ3n) is 5.80. The van der Waals surface area contributed by atoms with Crippen molar-refractivity contribution >= 4 is 40.8 Å². The Morgan fingerprint density at radius 3 is 2.55 bits per heavy atom. The van der Waals surface area contributed by atoms with Crippen LogP contribution >= 0.6 is 23.4 Å². The van der Waals surface area contributed by atoms with Gasteiger partial charge in [0.25, 0.3) is 0 Å². The molecule has 0 saturated carbocycles. The number of hydrogen-bond donors (Lipinski definition) is 0. The Morgan fingerprint density at radius 2 is 1.93 bits per heavy atom. The van der Waals surface area contributed by atoms with E-state index in [1.165, 1.54) is 29.3 Å². The number of thioether (sulfide) groups is 1. The van der Waals surface area contributed by atoms with E-state index in [1.54, 1.807) is 48.3 Å². The van der Waals surface area contributed by atoms with Crippen molar-refractivity contribution in [2.75, 3.05) is 18.0 Å². The van der Waals surface area contributed by atoms with Gasteiger partial charge in [0.05, 0.1) is 30.1 Å². The first kappa shape index (κ1) is 27.2. The van der Waals surface area contributed by atoms with Crippen molar-refractivity contribution in [3.63, 3.8) is 0 Å². The molecule has 3 heterocycles. The number of aryl methyl sites for hydroxylation is 1. The van der Waals surface area contributed by atoms with Crippen LogP contribution in [0.25, 0.3) is 11.4 Å². The summed E-state index contributed by atoms with van der Waals surface area (Å²) < 4.78 is 44.9. The smallest absolute Gasteiger partial charge is 0.339 e. The topological polar surface area (TPSA) is 116 Å². The molecule has 40 heavy (non-hydrogen) atoms. The minimum Gasteiger partial charge on any atom is -0.339 e. The van der Waals surface area contributed by atoms with Gasteiger partial charge in [0.15, 0.2) is 0 Å². The van der Waals surface area contributed by atoms with Crippen LogP contribution in [0.15, 0.2) is 75.4 Å². The van der Waals surface area contributed by atoms with E-state index in [2.05, 4.69) is 20.3 Å². The molecule has 2 amide bonds. The van der Waals surface area contributed by atoms with Gasteiger partial charge in [0.1, 0.15) is 12.6 Å². The molecule has 204 valence electrons. The Morgan fingerprint density at radius 1 is 1.20 bits per heavy atom. The fraction of sp³-hybridized carbons (Fsp3) is 0.200. The van der Waals surface area contributed by atoms with E-state index in [-0.39, 0.29) is 35.4 Å². The Hall–Kier alpha value is -4.35. The molecule has 2 aromatic heterocycles. The van der Waals surface area contributed by atoms with Crippen molar-refractivity contribution in [1.82, 2.24) is 24.9 Å². The van der Waals surface area contributed by atoms with Gasteiger partial charge in [-0.25, -0.2) is 9.80 Å². The number of anilines is 1. The molecule has 10 nitrogen and oxygen atoms in total. The maximum absolute atomic E-state index is 13.6. The number of alkyl halides is 3. The number of carbonyl (C=O) groups is 1. The summed E-state index contributed by atoms with van der Waals surface area (Å²) in [6.45, 7) is 1.39. The van der Waals surface area contributed by atoms with Gasteiger partial charge in [-0.05, 0) is 48.2 Å². The molecule has 0 fully saturated rings. The van der Waals surface area contributed by atoms with Crippen molar-refractivity contribution in [2.45, 2.75) is 23.4 Å². The van der Waals surface area contributed by atoms with Crippen molar-refractivity contribution < 1.29 is 22.5 Å². The van der Waals surface area contributed by atoms with Gasteiger partial charge in [0, 0.05) is 34.3 Å². The molecule has 1 atom stereocenters. The second-order valence-corrected chi connectivity index (χ2v) is 10.1. The largest absolute Gasteiger partial charge is 0.446 e. The minimum absolute atomic E-state index is 0.0452. The number of amides is 2. The molecule has 1 unspecified atom stereocenters. The molecule has 5 rings (SSSR count). The molecule has 0 N–H and O–H groups in total. The number of hydrazone groups is 1. The lowest BCUT2D eigenvalue weighted by molar-refractivity contribution is -0.0328. The number of hydrogen-bond acceptors (Lipinski definition) is 8. The average molecular weight is 587 g/mol. The number of carbonyl (C=O) groups excluding carboxylic acids is 1. The van der Waals surface area contributed by atoms with Crippen LogP contribution in [0.3, 0.4) is 0 Å². The van der Waals surface area contributed by atoms with Gasteiger partial charge >= 0.3 is 11.5 Å². The Bertz CT molecular complexity index is 1600. The summed E-state index contributed by atoms with van der Waals surface area (Å²) in [6, 6.07) is 12.9. The highest BCUT2D eigenvalue weighted by molar-refractivity contribution is 8.00. The molecule has 4 aromatic rings. The Labute approximate surface area is 234 Å². The Balaban J connectivity index is 1.45. The zero-order valence-corrected chi connectivity index (χ0v) is 22.2. The number of aromatic nitrogens is 4. The predicted molar refractivity (Wildman–Crippen MR) is 141 cm³/mol. The maximum atomic E-state index is 13.6. The third kappa shape index (κ3) is 5.95. The van der Waals surface area contributed by atoms with Crippen LogP contribution < -0.4 is 4.90 Å². The molecule has 0 spiro atoms. The summed E-state index contributed by atoms with van der Waals surface area (Å²) >= 11 is 5.80. The molecule has 0 bridgehead atoms. The van der Waals surface area contributed by atoms with Crippen LogP contribution in [-0.2, 0) is 0 Å². The van der Waals surface area contributed by atoms with E-state index in [1.807, 2.05) is 6.07 Å². The molecule has 1 aliphatic heterocycles. The van der Waals surface area contributed by atoms with Crippen molar-refractivity contribution in [1.29, 1.82) is 5.26 Å². The van der Waals surface area contributed by atoms with Crippen molar-refractivity contribution in [2.24, 2.45) is 5.10 Å². The number of rotatable bonds is 6. The molecule has 2 aromatic carbocycles. The van der Waals surface area contributed by atoms with Gasteiger partial charge in [-0.3, -0.25) is 9.58 Å². The minimum atomic E-state index is -4.45. The number of halogens is 4. The lowest BCUT2D eigenvalue weighted by Crippen LogP contribution is -2.41. The molecule has 0 saturated heterocycles. The molecule has 0 aliphatic carbocycles. The van der Waals surface area contributed by atoms with Crippen molar-refractivity contribution in [3.05, 3.63) is 77.4 Å². The average Bonchev–Trinajstić information content (AvgIpc) is 3.66. The van der Waals surface area contributed by atoms with E-state index in [9.17, 15) is 23.2 Å². The molecular formula is C25H18ClF3N8O2S. The van der Waals surface area contributed by atoms with Gasteiger partial charge in [0.2, 0.25) is 11.7 Å². The number of benzene rings is 2. The van der Waals surface area contributed by atoms with E-state index >= 15 is 0 Å². The zero-order valence-electron chi connectivity index (χ0n) is 20.6. The predicted octanol–water partition coefficient (Wildman–Crippen LogP) is 5.92. The van der Waals surface area contributed by atoms with Gasteiger partial charge in [-0.15, -0.1) is 0 Å². The highest BCUT2D eigenvalue weighted by Gasteiger charge is 2.36. The monoisotopic (exact) mass is 586 g/mol. The standard InChI is InChI=1S/C25H18ClF3N8O2S/c1-15-32-23(34-39-15)17-12-31-36(13-17)21-14-37(33-22(21)16-2-4-18(26)5-3-16)24(38)35(11-10-30)19-6-8-20(9-7-19)40-25(27,28)29/h2-9,12-13,21H,11,14H2,1H3. The van der Waals surface area contributed by atoms with Gasteiger partial charge in [-0.2, -0.15) is 33.6 Å². The normalized spacial score (nSPS) is 15.2. The summed E-state index contributed by atoms with van der Waals surface area (Å²) in [7, 11) is 0. The molecule has 0 radical (unpaired) electrons. The first-order valence-corrected chi connectivity index (χ1v) is 12.8. The summed E-state index contributed by atoms with van der Waals surface area (Å²) in [5, 5.41) is 24.0. The first-order chi connectivity index (χ1) is 19.1. The summed E-state index contributed by atoms with van der Waals surface area (Å²) in [5.74, 6) is 0.749. The second-order valence-electron chi connectivity index (χ2n) is 8.50. The summed E-state index contributed by atoms with van der Waals surface area (Å²) in [5.41, 5.74) is -2.40. The van der Waals surface area contributed by atoms with Crippen LogP contribution in [0.1, 0.15) is 17.5 Å². The number of nitrogens with zero attached hydrogens (tertiary/aromatic N) is 8. The molecular weight excluding hydrogens is 569 g/mol. The van der Waals surface area contributed by atoms with Crippen LogP contribution in [0.4, 0.5) is 23.7 Å². The number of urea groups is 1. The molecule has 15 heteroatoms. The lowest BCUT2D eigenvalue weighted by Gasteiger charge is -2.24. The zero-order chi connectivity index (χ0) is 28.4. The number of nitriles is 1. The van der Waals surface area contributed by atoms with E-state index in [4.69, 9.17) is 16.1 Å². The van der Waals surface area contributed by atoms with Crippen LogP contribution in [0, 0.1) is 18.3 Å². The fourth-order valence-electron chi connectivity index (χ4n) is 4.04. The van der Waals surface area contributed by atoms with E-state index in [0.29, 0.717) is 33.6 Å². The summed E-state index contributed by atoms with van der Waals surface area (Å²) in [4.78, 5) is 18.9. The van der Waals surface area contributed by atoms with Gasteiger partial charge < -0.3 is 4.52 Å². The van der Waals surface area contributed by atoms with Crippen molar-refractivity contribution in [3.8, 4) is 17.5 Å². The van der Waals surface area contributed by atoms with Crippen LogP contribution in [-0.4, -0.2) is 55.3 Å². The van der Waals surface area contributed by atoms with Crippen LogP contribution in [0.5, 0.6) is 0 Å². The highest BCUT2D eigenvalue weighted by Crippen LogP contribution is 2.37. The highest BCUT2D eigenvalue weighted by atomic mass is 35.5.